The number of pyridine rings is 1. The van der Waals surface area contributed by atoms with Gasteiger partial charge in [0.1, 0.15) is 6.61 Å². The van der Waals surface area contributed by atoms with Gasteiger partial charge in [0.15, 0.2) is 0 Å². The van der Waals surface area contributed by atoms with Gasteiger partial charge in [0.25, 0.3) is 5.91 Å². The molecule has 1 aromatic heterocycles. The van der Waals surface area contributed by atoms with Crippen LogP contribution in [0.5, 0.6) is 0 Å². The second-order valence-electron chi connectivity index (χ2n) is 4.92. The van der Waals surface area contributed by atoms with Gasteiger partial charge in [-0.3, -0.25) is 9.78 Å². The van der Waals surface area contributed by atoms with E-state index < -0.39 is 6.10 Å². The summed E-state index contributed by atoms with van der Waals surface area (Å²) in [6.45, 7) is 2.70. The predicted molar refractivity (Wildman–Crippen MR) is 73.9 cm³/mol. The Morgan fingerprint density at radius 1 is 1.65 bits per heavy atom. The highest BCUT2D eigenvalue weighted by atomic mass is 16.3. The highest BCUT2D eigenvalue weighted by Crippen LogP contribution is 2.22. The Labute approximate surface area is 118 Å². The molecule has 2 unspecified atom stereocenters. The lowest BCUT2D eigenvalue weighted by Gasteiger charge is -2.18. The fourth-order valence-corrected chi connectivity index (χ4v) is 2.35. The molecule has 5 nitrogen and oxygen atoms in total. The molecule has 1 amide bonds. The largest absolute Gasteiger partial charge is 0.393 e. The van der Waals surface area contributed by atoms with Gasteiger partial charge in [0, 0.05) is 31.4 Å². The van der Waals surface area contributed by atoms with E-state index in [0.717, 1.165) is 6.42 Å². The lowest BCUT2D eigenvalue weighted by Crippen LogP contribution is -2.31. The van der Waals surface area contributed by atoms with E-state index in [4.69, 9.17) is 5.11 Å². The number of carbonyl (C=O) groups is 1. The molecule has 0 aromatic carbocycles. The van der Waals surface area contributed by atoms with Crippen LogP contribution >= 0.6 is 0 Å². The Morgan fingerprint density at radius 2 is 2.45 bits per heavy atom. The summed E-state index contributed by atoms with van der Waals surface area (Å²) in [5.74, 6) is 5.31. The van der Waals surface area contributed by atoms with E-state index in [2.05, 4.69) is 16.8 Å². The van der Waals surface area contributed by atoms with Gasteiger partial charge in [0.05, 0.1) is 17.2 Å². The number of hydrogen-bond acceptors (Lipinski definition) is 4. The van der Waals surface area contributed by atoms with E-state index in [1.165, 1.54) is 6.20 Å². The molecule has 1 aliphatic heterocycles. The summed E-state index contributed by atoms with van der Waals surface area (Å²) in [7, 11) is 0. The number of carbonyl (C=O) groups excluding carboxylic acids is 1. The van der Waals surface area contributed by atoms with Crippen molar-refractivity contribution in [1.82, 2.24) is 9.88 Å². The summed E-state index contributed by atoms with van der Waals surface area (Å²) in [6, 6.07) is 1.64. The maximum Gasteiger partial charge on any atom is 0.255 e. The third kappa shape index (κ3) is 3.16. The first kappa shape index (κ1) is 14.5. The second kappa shape index (κ2) is 6.51. The van der Waals surface area contributed by atoms with Crippen molar-refractivity contribution in [1.29, 1.82) is 0 Å². The predicted octanol–water partition coefficient (Wildman–Crippen LogP) is 0.268. The van der Waals surface area contributed by atoms with E-state index >= 15 is 0 Å². The fraction of sp³-hybridized carbons (Fsp3) is 0.467. The number of aliphatic hydroxyl groups is 2. The maximum atomic E-state index is 12.5. The first-order valence-corrected chi connectivity index (χ1v) is 6.64. The topological polar surface area (TPSA) is 73.7 Å². The van der Waals surface area contributed by atoms with Crippen LogP contribution in [-0.4, -0.2) is 51.8 Å². The van der Waals surface area contributed by atoms with Crippen LogP contribution in [0.3, 0.4) is 0 Å². The van der Waals surface area contributed by atoms with Crippen molar-refractivity contribution in [2.24, 2.45) is 5.92 Å². The molecule has 1 aromatic rings. The quantitative estimate of drug-likeness (QED) is 0.759. The highest BCUT2D eigenvalue weighted by molar-refractivity contribution is 5.96. The summed E-state index contributed by atoms with van der Waals surface area (Å²) in [6.07, 6.45) is 3.49. The van der Waals surface area contributed by atoms with Gasteiger partial charge >= 0.3 is 0 Å². The molecule has 1 saturated heterocycles. The summed E-state index contributed by atoms with van der Waals surface area (Å²) < 4.78 is 0. The Kier molecular flexibility index (Phi) is 4.72. The third-order valence-electron chi connectivity index (χ3n) is 3.55. The smallest absolute Gasteiger partial charge is 0.255 e. The first-order chi connectivity index (χ1) is 9.63. The zero-order chi connectivity index (χ0) is 14.5. The van der Waals surface area contributed by atoms with E-state index in [1.807, 2.05) is 0 Å². The normalized spacial score (nSPS) is 19.4. The molecule has 2 rings (SSSR count). The van der Waals surface area contributed by atoms with E-state index in [9.17, 15) is 9.90 Å². The van der Waals surface area contributed by atoms with Gasteiger partial charge in [-0.05, 0) is 19.4 Å². The van der Waals surface area contributed by atoms with Crippen molar-refractivity contribution in [3.05, 3.63) is 29.6 Å². The number of aromatic nitrogens is 1. The molecule has 0 radical (unpaired) electrons. The van der Waals surface area contributed by atoms with Crippen LogP contribution in [0.4, 0.5) is 0 Å². The molecule has 2 atom stereocenters. The Balaban J connectivity index is 2.18. The van der Waals surface area contributed by atoms with E-state index in [1.54, 1.807) is 24.1 Å². The fourth-order valence-electron chi connectivity index (χ4n) is 2.35. The average Bonchev–Trinajstić information content (AvgIpc) is 2.94. The minimum Gasteiger partial charge on any atom is -0.393 e. The minimum atomic E-state index is -0.404. The first-order valence-electron chi connectivity index (χ1n) is 6.64. The van der Waals surface area contributed by atoms with Crippen LogP contribution < -0.4 is 0 Å². The lowest BCUT2D eigenvalue weighted by atomic mass is 10.0. The maximum absolute atomic E-state index is 12.5. The van der Waals surface area contributed by atoms with Crippen molar-refractivity contribution in [3.63, 3.8) is 0 Å². The molecule has 20 heavy (non-hydrogen) atoms. The Morgan fingerprint density at radius 3 is 3.10 bits per heavy atom. The van der Waals surface area contributed by atoms with Crippen molar-refractivity contribution in [2.45, 2.75) is 19.4 Å². The van der Waals surface area contributed by atoms with Gasteiger partial charge in [-0.2, -0.15) is 0 Å². The molecule has 1 aliphatic rings. The van der Waals surface area contributed by atoms with E-state index in [-0.39, 0.29) is 18.4 Å². The number of likely N-dealkylation sites (tertiary alicyclic amines) is 1. The van der Waals surface area contributed by atoms with Crippen LogP contribution in [0.1, 0.15) is 29.3 Å². The van der Waals surface area contributed by atoms with Gasteiger partial charge in [-0.25, -0.2) is 0 Å². The van der Waals surface area contributed by atoms with Crippen LogP contribution in [0, 0.1) is 17.8 Å². The minimum absolute atomic E-state index is 0.0993. The van der Waals surface area contributed by atoms with Crippen molar-refractivity contribution >= 4 is 5.91 Å². The van der Waals surface area contributed by atoms with Crippen LogP contribution in [0.2, 0.25) is 0 Å². The summed E-state index contributed by atoms with van der Waals surface area (Å²) >= 11 is 0. The molecule has 0 bridgehead atoms. The molecule has 2 heterocycles. The number of nitrogens with zero attached hydrogens (tertiary/aromatic N) is 2. The molecule has 0 aliphatic carbocycles. The van der Waals surface area contributed by atoms with Gasteiger partial charge in [-0.15, -0.1) is 0 Å². The van der Waals surface area contributed by atoms with Crippen molar-refractivity contribution in [2.75, 3.05) is 19.7 Å². The monoisotopic (exact) mass is 274 g/mol. The van der Waals surface area contributed by atoms with Crippen molar-refractivity contribution < 1.29 is 15.0 Å². The molecular weight excluding hydrogens is 256 g/mol. The number of amides is 1. The number of hydrogen-bond donors (Lipinski definition) is 2. The molecule has 0 saturated carbocycles. The lowest BCUT2D eigenvalue weighted by molar-refractivity contribution is 0.0762. The Bertz CT molecular complexity index is 546. The van der Waals surface area contributed by atoms with Crippen LogP contribution in [0.25, 0.3) is 0 Å². The van der Waals surface area contributed by atoms with E-state index in [0.29, 0.717) is 24.2 Å². The van der Waals surface area contributed by atoms with Gasteiger partial charge in [0.2, 0.25) is 0 Å². The third-order valence-corrected chi connectivity index (χ3v) is 3.55. The van der Waals surface area contributed by atoms with Crippen LogP contribution in [-0.2, 0) is 0 Å². The molecule has 5 heteroatoms. The van der Waals surface area contributed by atoms with Gasteiger partial charge in [-0.1, -0.05) is 11.8 Å². The molecule has 1 fully saturated rings. The second-order valence-corrected chi connectivity index (χ2v) is 4.92. The van der Waals surface area contributed by atoms with Crippen molar-refractivity contribution in [3.8, 4) is 11.8 Å². The summed E-state index contributed by atoms with van der Waals surface area (Å²) in [5.41, 5.74) is 1.01. The number of rotatable bonds is 2. The average molecular weight is 274 g/mol. The molecular formula is C15H18N2O3. The summed E-state index contributed by atoms with van der Waals surface area (Å²) in [4.78, 5) is 18.2. The zero-order valence-electron chi connectivity index (χ0n) is 11.4. The molecule has 0 spiro atoms. The zero-order valence-corrected chi connectivity index (χ0v) is 11.4. The molecule has 106 valence electrons. The Hall–Kier alpha value is -1.90. The van der Waals surface area contributed by atoms with Gasteiger partial charge < -0.3 is 15.1 Å². The highest BCUT2D eigenvalue weighted by Gasteiger charge is 2.30. The molecule has 2 N–H and O–H groups in total. The number of aliphatic hydroxyl groups excluding tert-OH is 2. The van der Waals surface area contributed by atoms with Crippen LogP contribution in [0.15, 0.2) is 18.5 Å². The standard InChI is InChI=1S/C15H18N2O3/c1-11(19)13-5-7-17(10-13)15(20)14-4-6-16-9-12(14)3-2-8-18/h4,6,9,11,13,18-19H,5,7-8,10H2,1H3. The summed E-state index contributed by atoms with van der Waals surface area (Å²) in [5, 5.41) is 18.3. The SMILES string of the molecule is CC(O)C1CCN(C(=O)c2ccncc2C#CCO)C1.